The van der Waals surface area contributed by atoms with Crippen LogP contribution in [0, 0.1) is 6.92 Å². The summed E-state index contributed by atoms with van der Waals surface area (Å²) < 4.78 is 11.4. The van der Waals surface area contributed by atoms with E-state index in [0.29, 0.717) is 11.8 Å². The maximum atomic E-state index is 12.5. The summed E-state index contributed by atoms with van der Waals surface area (Å²) in [6, 6.07) is 6.09. The molecule has 0 bridgehead atoms. The van der Waals surface area contributed by atoms with E-state index in [4.69, 9.17) is 0 Å². The number of amides is 1. The molecule has 0 unspecified atom stereocenters. The summed E-state index contributed by atoms with van der Waals surface area (Å²) in [7, 11) is -0.917. The van der Waals surface area contributed by atoms with Gasteiger partial charge >= 0.3 is 0 Å². The van der Waals surface area contributed by atoms with Gasteiger partial charge in [0.1, 0.15) is 0 Å². The molecular formula is C17H25NO2S2. The molecule has 1 aliphatic rings. The number of rotatable bonds is 6. The molecule has 122 valence electrons. The third kappa shape index (κ3) is 4.85. The highest BCUT2D eigenvalue weighted by molar-refractivity contribution is 8.00. The van der Waals surface area contributed by atoms with Gasteiger partial charge in [0.15, 0.2) is 0 Å². The van der Waals surface area contributed by atoms with Gasteiger partial charge in [-0.05, 0) is 38.8 Å². The third-order valence-electron chi connectivity index (χ3n) is 4.09. The van der Waals surface area contributed by atoms with Gasteiger partial charge in [-0.15, -0.1) is 11.8 Å². The molecule has 1 saturated carbocycles. The molecule has 0 spiro atoms. The van der Waals surface area contributed by atoms with Gasteiger partial charge in [-0.3, -0.25) is 9.00 Å². The van der Waals surface area contributed by atoms with Gasteiger partial charge in [-0.2, -0.15) is 0 Å². The van der Waals surface area contributed by atoms with Crippen LogP contribution in [0.15, 0.2) is 23.1 Å². The smallest absolute Gasteiger partial charge is 0.252 e. The van der Waals surface area contributed by atoms with E-state index in [-0.39, 0.29) is 11.2 Å². The number of carbonyl (C=O) groups is 1. The van der Waals surface area contributed by atoms with Crippen molar-refractivity contribution < 1.29 is 9.00 Å². The van der Waals surface area contributed by atoms with E-state index in [1.807, 2.05) is 31.7 Å². The molecule has 1 aromatic carbocycles. The van der Waals surface area contributed by atoms with Crippen LogP contribution in [-0.4, -0.2) is 33.4 Å². The number of hydrogen-bond acceptors (Lipinski definition) is 3. The molecule has 0 aliphatic heterocycles. The highest BCUT2D eigenvalue weighted by atomic mass is 32.2. The van der Waals surface area contributed by atoms with Gasteiger partial charge < -0.3 is 5.32 Å². The second-order valence-electron chi connectivity index (χ2n) is 6.04. The van der Waals surface area contributed by atoms with Gasteiger partial charge in [0, 0.05) is 39.0 Å². The SMILES string of the molecule is Cc1ccc(SC2CCCC2)c(C(=O)NC[C@H](C)[S@](C)=O)c1. The second-order valence-corrected chi connectivity index (χ2v) is 9.19. The maximum Gasteiger partial charge on any atom is 0.252 e. The van der Waals surface area contributed by atoms with Crippen LogP contribution in [0.3, 0.4) is 0 Å². The first-order valence-electron chi connectivity index (χ1n) is 7.85. The van der Waals surface area contributed by atoms with Gasteiger partial charge in [0.25, 0.3) is 5.91 Å². The van der Waals surface area contributed by atoms with E-state index in [9.17, 15) is 9.00 Å². The molecule has 0 heterocycles. The highest BCUT2D eigenvalue weighted by Gasteiger charge is 2.20. The van der Waals surface area contributed by atoms with Crippen molar-refractivity contribution in [1.29, 1.82) is 0 Å². The minimum absolute atomic E-state index is 0.0281. The number of thioether (sulfide) groups is 1. The Morgan fingerprint density at radius 3 is 2.73 bits per heavy atom. The van der Waals surface area contributed by atoms with E-state index in [1.165, 1.54) is 25.7 Å². The van der Waals surface area contributed by atoms with Crippen molar-refractivity contribution in [1.82, 2.24) is 5.32 Å². The topological polar surface area (TPSA) is 46.2 Å². The number of aryl methyl sites for hydroxylation is 1. The summed E-state index contributed by atoms with van der Waals surface area (Å²) in [5.74, 6) is -0.0542. The predicted octanol–water partition coefficient (Wildman–Crippen LogP) is 3.53. The van der Waals surface area contributed by atoms with E-state index in [0.717, 1.165) is 16.0 Å². The molecule has 2 rings (SSSR count). The monoisotopic (exact) mass is 339 g/mol. The maximum absolute atomic E-state index is 12.5. The second kappa shape index (κ2) is 8.16. The van der Waals surface area contributed by atoms with Gasteiger partial charge in [0.05, 0.1) is 5.56 Å². The standard InChI is InChI=1S/C17H25NO2S2/c1-12-8-9-16(21-14-6-4-5-7-14)15(10-12)17(19)18-11-13(2)22(3)20/h8-10,13-14H,4-7,11H2,1-3H3,(H,18,19)/t13-,22-/m0/s1. The third-order valence-corrected chi connectivity index (χ3v) is 6.81. The zero-order valence-electron chi connectivity index (χ0n) is 13.6. The Kier molecular flexibility index (Phi) is 6.50. The zero-order valence-corrected chi connectivity index (χ0v) is 15.2. The quantitative estimate of drug-likeness (QED) is 0.862. The fraction of sp³-hybridized carbons (Fsp3) is 0.588. The summed E-state index contributed by atoms with van der Waals surface area (Å²) >= 11 is 1.83. The van der Waals surface area contributed by atoms with E-state index in [2.05, 4.69) is 17.4 Å². The Labute approximate surface area is 140 Å². The first kappa shape index (κ1) is 17.5. The number of benzene rings is 1. The fourth-order valence-electron chi connectivity index (χ4n) is 2.56. The van der Waals surface area contributed by atoms with Crippen molar-refractivity contribution in [2.24, 2.45) is 0 Å². The first-order valence-corrected chi connectivity index (χ1v) is 10.3. The Balaban J connectivity index is 2.08. The largest absolute Gasteiger partial charge is 0.351 e. The normalized spacial score (nSPS) is 18.1. The average molecular weight is 340 g/mol. The summed E-state index contributed by atoms with van der Waals surface area (Å²) in [5.41, 5.74) is 1.85. The Morgan fingerprint density at radius 2 is 2.09 bits per heavy atom. The molecule has 0 aromatic heterocycles. The van der Waals surface area contributed by atoms with Crippen molar-refractivity contribution in [2.75, 3.05) is 12.8 Å². The van der Waals surface area contributed by atoms with Gasteiger partial charge in [0.2, 0.25) is 0 Å². The lowest BCUT2D eigenvalue weighted by molar-refractivity contribution is 0.0951. The van der Waals surface area contributed by atoms with Gasteiger partial charge in [-0.1, -0.05) is 24.5 Å². The summed E-state index contributed by atoms with van der Waals surface area (Å²) in [6.45, 7) is 4.34. The van der Waals surface area contributed by atoms with E-state index >= 15 is 0 Å². The lowest BCUT2D eigenvalue weighted by atomic mass is 10.1. The van der Waals surface area contributed by atoms with Crippen molar-refractivity contribution in [3.63, 3.8) is 0 Å². The van der Waals surface area contributed by atoms with Crippen LogP contribution >= 0.6 is 11.8 Å². The molecule has 1 aliphatic carbocycles. The summed E-state index contributed by atoms with van der Waals surface area (Å²) in [4.78, 5) is 13.6. The molecular weight excluding hydrogens is 314 g/mol. The molecule has 22 heavy (non-hydrogen) atoms. The molecule has 1 aromatic rings. The Bertz CT molecular complexity index is 554. The molecule has 0 saturated heterocycles. The van der Waals surface area contributed by atoms with Crippen LogP contribution in [0.1, 0.15) is 48.5 Å². The van der Waals surface area contributed by atoms with Crippen LogP contribution in [-0.2, 0) is 10.8 Å². The van der Waals surface area contributed by atoms with Crippen molar-refractivity contribution in [3.05, 3.63) is 29.3 Å². The average Bonchev–Trinajstić information content (AvgIpc) is 2.99. The summed E-state index contributed by atoms with van der Waals surface area (Å²) in [5, 5.41) is 3.53. The fourth-order valence-corrected chi connectivity index (χ4v) is 4.23. The van der Waals surface area contributed by atoms with Crippen LogP contribution in [0.4, 0.5) is 0 Å². The summed E-state index contributed by atoms with van der Waals surface area (Å²) in [6.07, 6.45) is 6.75. The number of nitrogens with one attached hydrogen (secondary N) is 1. The molecule has 0 radical (unpaired) electrons. The lowest BCUT2D eigenvalue weighted by Gasteiger charge is -2.15. The molecule has 5 heteroatoms. The number of carbonyl (C=O) groups excluding carboxylic acids is 1. The van der Waals surface area contributed by atoms with Crippen LogP contribution in [0.25, 0.3) is 0 Å². The molecule has 1 N–H and O–H groups in total. The first-order chi connectivity index (χ1) is 10.5. The van der Waals surface area contributed by atoms with Crippen molar-refractivity contribution in [2.45, 2.75) is 54.9 Å². The lowest BCUT2D eigenvalue weighted by Crippen LogP contribution is -2.32. The van der Waals surface area contributed by atoms with E-state index < -0.39 is 10.8 Å². The molecule has 2 atom stereocenters. The predicted molar refractivity (Wildman–Crippen MR) is 95.2 cm³/mol. The minimum atomic E-state index is -0.917. The Morgan fingerprint density at radius 1 is 1.41 bits per heavy atom. The van der Waals surface area contributed by atoms with Gasteiger partial charge in [-0.25, -0.2) is 0 Å². The minimum Gasteiger partial charge on any atom is -0.351 e. The van der Waals surface area contributed by atoms with Crippen LogP contribution < -0.4 is 5.32 Å². The van der Waals surface area contributed by atoms with Crippen molar-refractivity contribution in [3.8, 4) is 0 Å². The van der Waals surface area contributed by atoms with Crippen LogP contribution in [0.2, 0.25) is 0 Å². The van der Waals surface area contributed by atoms with Crippen LogP contribution in [0.5, 0.6) is 0 Å². The highest BCUT2D eigenvalue weighted by Crippen LogP contribution is 2.36. The number of hydrogen-bond donors (Lipinski definition) is 1. The molecule has 1 fully saturated rings. The molecule has 1 amide bonds. The van der Waals surface area contributed by atoms with Crippen molar-refractivity contribution >= 4 is 28.5 Å². The molecule has 3 nitrogen and oxygen atoms in total. The Hall–Kier alpha value is -0.810. The van der Waals surface area contributed by atoms with E-state index in [1.54, 1.807) is 6.26 Å². The zero-order chi connectivity index (χ0) is 16.1.